The molecule has 0 aliphatic heterocycles. The van der Waals surface area contributed by atoms with Gasteiger partial charge in [0.1, 0.15) is 0 Å². The van der Waals surface area contributed by atoms with Gasteiger partial charge < -0.3 is 20.2 Å². The van der Waals surface area contributed by atoms with Crippen LogP contribution in [-0.4, -0.2) is 39.6 Å². The summed E-state index contributed by atoms with van der Waals surface area (Å²) in [4.78, 5) is 31.2. The lowest BCUT2D eigenvalue weighted by Gasteiger charge is -2.24. The quantitative estimate of drug-likeness (QED) is 0.0356. The monoisotopic (exact) mass is 956 g/mol. The van der Waals surface area contributed by atoms with Crippen molar-refractivity contribution >= 4 is 13.7 Å². The third kappa shape index (κ3) is 54.5. The Morgan fingerprint density at radius 2 is 0.591 bits per heavy atom. The summed E-state index contributed by atoms with van der Waals surface area (Å²) in [5.41, 5.74) is 0. The molecule has 0 saturated carbocycles. The van der Waals surface area contributed by atoms with Crippen LogP contribution in [0.15, 0.2) is 0 Å². The van der Waals surface area contributed by atoms with Gasteiger partial charge in [-0.15, -0.1) is 0 Å². The molecule has 0 aromatic heterocycles. The Morgan fingerprint density at radius 1 is 0.379 bits per heavy atom. The highest BCUT2D eigenvalue weighted by molar-refractivity contribution is 7.46. The van der Waals surface area contributed by atoms with Gasteiger partial charge in [-0.2, -0.15) is 0 Å². The van der Waals surface area contributed by atoms with Gasteiger partial charge in [0.2, 0.25) is 5.91 Å². The fourth-order valence-corrected chi connectivity index (χ4v) is 10.2. The Labute approximate surface area is 412 Å². The van der Waals surface area contributed by atoms with E-state index in [4.69, 9.17) is 4.52 Å². The molecule has 2 atom stereocenters. The number of hydrogen-bond donors (Lipinski definition) is 4. The first kappa shape index (κ1) is 65.5. The molecule has 0 rings (SSSR count). The van der Waals surface area contributed by atoms with Crippen molar-refractivity contribution in [2.24, 2.45) is 0 Å². The number of amides is 1. The van der Waals surface area contributed by atoms with E-state index in [2.05, 4.69) is 19.2 Å². The van der Waals surface area contributed by atoms with Crippen molar-refractivity contribution in [1.29, 1.82) is 0 Å². The van der Waals surface area contributed by atoms with E-state index in [-0.39, 0.29) is 5.91 Å². The van der Waals surface area contributed by atoms with E-state index in [0.717, 1.165) is 38.5 Å². The van der Waals surface area contributed by atoms with Gasteiger partial charge in [-0.3, -0.25) is 9.32 Å². The van der Waals surface area contributed by atoms with Gasteiger partial charge in [0.05, 0.1) is 18.8 Å². The van der Waals surface area contributed by atoms with Crippen LogP contribution >= 0.6 is 7.82 Å². The number of phosphoric ester groups is 1. The predicted molar refractivity (Wildman–Crippen MR) is 287 cm³/mol. The molecule has 0 unspecified atom stereocenters. The summed E-state index contributed by atoms with van der Waals surface area (Å²) in [5, 5.41) is 13.6. The number of hydrogen-bond acceptors (Lipinski definition) is 4. The predicted octanol–water partition coefficient (Wildman–Crippen LogP) is 19.3. The summed E-state index contributed by atoms with van der Waals surface area (Å²) in [5.74, 6) is -0.184. The van der Waals surface area contributed by atoms with Crippen LogP contribution in [-0.2, 0) is 13.9 Å². The van der Waals surface area contributed by atoms with E-state index in [0.29, 0.717) is 12.8 Å². The van der Waals surface area contributed by atoms with Crippen LogP contribution in [0.2, 0.25) is 0 Å². The Morgan fingerprint density at radius 3 is 0.818 bits per heavy atom. The second-order valence-corrected chi connectivity index (χ2v) is 22.3. The molecule has 4 N–H and O–H groups in total. The van der Waals surface area contributed by atoms with E-state index in [9.17, 15) is 24.3 Å². The number of nitrogens with one attached hydrogen (secondary N) is 1. The summed E-state index contributed by atoms with van der Waals surface area (Å²) >= 11 is 0. The Hall–Kier alpha value is -0.460. The average molecular weight is 957 g/mol. The zero-order valence-corrected chi connectivity index (χ0v) is 45.5. The van der Waals surface area contributed by atoms with Crippen LogP contribution in [0.4, 0.5) is 0 Å². The molecule has 66 heavy (non-hydrogen) atoms. The SMILES string of the molecule is CCCCCCCCCCCCCCCCCCCCCCCCCCCCCCCCCCCC(=O)N[C@@H](COP(=O)(O)O)[C@H](O)CCCCCCCCCCCCCCCCCCC. The smallest absolute Gasteiger partial charge is 0.391 e. The molecule has 0 aliphatic rings. The maximum absolute atomic E-state index is 12.7. The zero-order chi connectivity index (χ0) is 48.1. The minimum atomic E-state index is -4.70. The molecular weight excluding hydrogens is 838 g/mol. The molecule has 0 radical (unpaired) electrons. The van der Waals surface area contributed by atoms with Gasteiger partial charge in [-0.25, -0.2) is 4.57 Å². The van der Waals surface area contributed by atoms with Crippen molar-refractivity contribution < 1.29 is 28.8 Å². The summed E-state index contributed by atoms with van der Waals surface area (Å²) in [6, 6.07) is -0.820. The highest BCUT2D eigenvalue weighted by atomic mass is 31.2. The van der Waals surface area contributed by atoms with Gasteiger partial charge in [-0.05, 0) is 12.8 Å². The number of aliphatic hydroxyl groups excluding tert-OH is 1. The molecule has 0 fully saturated rings. The molecule has 0 saturated heterocycles. The average Bonchev–Trinajstić information content (AvgIpc) is 3.30. The molecule has 0 bridgehead atoms. The standard InChI is InChI=1S/C58H118NO6P/c1-3-5-7-9-11-13-15-17-19-21-22-23-24-25-26-27-28-29-30-31-32-33-34-35-36-38-40-42-44-46-48-50-52-54-58(61)59-56(55-65-66(62,63)64)57(60)53-51-49-47-45-43-41-39-37-20-18-16-14-12-10-8-6-4-2/h56-57,60H,3-55H2,1-2H3,(H,59,61)(H2,62,63,64)/t56-,57+/m0/s1. The fourth-order valence-electron chi connectivity index (χ4n) is 9.82. The highest BCUT2D eigenvalue weighted by Crippen LogP contribution is 2.36. The molecule has 0 heterocycles. The lowest BCUT2D eigenvalue weighted by atomic mass is 10.0. The molecule has 0 aliphatic carbocycles. The Kier molecular flexibility index (Phi) is 53.5. The van der Waals surface area contributed by atoms with Crippen LogP contribution in [0, 0.1) is 0 Å². The first-order valence-electron chi connectivity index (χ1n) is 30.0. The van der Waals surface area contributed by atoms with Crippen LogP contribution in [0.1, 0.15) is 348 Å². The Balaban J connectivity index is 3.62. The summed E-state index contributed by atoms with van der Waals surface area (Å²) in [7, 11) is -4.70. The van der Waals surface area contributed by atoms with Gasteiger partial charge in [0.15, 0.2) is 0 Å². The second-order valence-electron chi connectivity index (χ2n) is 21.0. The lowest BCUT2D eigenvalue weighted by Crippen LogP contribution is -2.46. The fraction of sp³-hybridized carbons (Fsp3) is 0.983. The molecule has 8 heteroatoms. The Bertz CT molecular complexity index is 993. The summed E-state index contributed by atoms with van der Waals surface area (Å²) in [6.45, 7) is 4.18. The number of unbranched alkanes of at least 4 members (excludes halogenated alkanes) is 48. The molecule has 7 nitrogen and oxygen atoms in total. The number of carbonyl (C=O) groups is 1. The number of carbonyl (C=O) groups excluding carboxylic acids is 1. The largest absolute Gasteiger partial charge is 0.469 e. The van der Waals surface area contributed by atoms with Crippen molar-refractivity contribution in [3.8, 4) is 0 Å². The van der Waals surface area contributed by atoms with E-state index in [1.165, 1.54) is 283 Å². The first-order chi connectivity index (χ1) is 32.3. The zero-order valence-electron chi connectivity index (χ0n) is 44.6. The van der Waals surface area contributed by atoms with Crippen molar-refractivity contribution in [1.82, 2.24) is 5.32 Å². The van der Waals surface area contributed by atoms with E-state index < -0.39 is 26.6 Å². The van der Waals surface area contributed by atoms with E-state index in [1.54, 1.807) is 0 Å². The molecule has 0 aromatic carbocycles. The van der Waals surface area contributed by atoms with Crippen molar-refractivity contribution in [3.05, 3.63) is 0 Å². The normalized spacial score (nSPS) is 12.9. The molecule has 1 amide bonds. The lowest BCUT2D eigenvalue weighted by molar-refractivity contribution is -0.123. The van der Waals surface area contributed by atoms with Crippen LogP contribution < -0.4 is 5.32 Å². The first-order valence-corrected chi connectivity index (χ1v) is 31.5. The number of aliphatic hydroxyl groups is 1. The van der Waals surface area contributed by atoms with E-state index >= 15 is 0 Å². The number of phosphoric acid groups is 1. The molecule has 0 aromatic rings. The second kappa shape index (κ2) is 53.9. The van der Waals surface area contributed by atoms with Crippen LogP contribution in [0.5, 0.6) is 0 Å². The van der Waals surface area contributed by atoms with Crippen molar-refractivity contribution in [2.45, 2.75) is 360 Å². The van der Waals surface area contributed by atoms with Gasteiger partial charge in [-0.1, -0.05) is 328 Å². The van der Waals surface area contributed by atoms with Crippen LogP contribution in [0.25, 0.3) is 0 Å². The van der Waals surface area contributed by atoms with Gasteiger partial charge in [0, 0.05) is 6.42 Å². The van der Waals surface area contributed by atoms with Crippen molar-refractivity contribution in [3.63, 3.8) is 0 Å². The highest BCUT2D eigenvalue weighted by Gasteiger charge is 2.25. The maximum Gasteiger partial charge on any atom is 0.469 e. The molecule has 0 spiro atoms. The third-order valence-electron chi connectivity index (χ3n) is 14.3. The van der Waals surface area contributed by atoms with Crippen molar-refractivity contribution in [2.75, 3.05) is 6.61 Å². The van der Waals surface area contributed by atoms with Crippen LogP contribution in [0.3, 0.4) is 0 Å². The molecule has 396 valence electrons. The van der Waals surface area contributed by atoms with E-state index in [1.807, 2.05) is 0 Å². The third-order valence-corrected chi connectivity index (χ3v) is 14.8. The summed E-state index contributed by atoms with van der Waals surface area (Å²) in [6.07, 6.45) is 67.2. The minimum Gasteiger partial charge on any atom is -0.391 e. The maximum atomic E-state index is 12.7. The summed E-state index contributed by atoms with van der Waals surface area (Å²) < 4.78 is 16.1. The topological polar surface area (TPSA) is 116 Å². The van der Waals surface area contributed by atoms with Gasteiger partial charge in [0.25, 0.3) is 0 Å². The van der Waals surface area contributed by atoms with Gasteiger partial charge >= 0.3 is 7.82 Å². The minimum absolute atomic E-state index is 0.184. The number of rotatable bonds is 57. The molecular formula is C58H118NO6P.